The van der Waals surface area contributed by atoms with Gasteiger partial charge in [-0.1, -0.05) is 6.07 Å². The Morgan fingerprint density at radius 1 is 1.30 bits per heavy atom. The summed E-state index contributed by atoms with van der Waals surface area (Å²) < 4.78 is 0. The maximum absolute atomic E-state index is 12.7. The molecule has 0 radical (unpaired) electrons. The number of benzene rings is 1. The summed E-state index contributed by atoms with van der Waals surface area (Å²) in [7, 11) is 0. The fourth-order valence-corrected chi connectivity index (χ4v) is 2.90. The number of piperidine rings is 1. The number of likely N-dealkylation sites (tertiary alicyclic amines) is 1. The molecule has 0 spiro atoms. The number of carbonyl (C=O) groups is 3. The number of primary amides is 1. The van der Waals surface area contributed by atoms with Gasteiger partial charge in [0.2, 0.25) is 0 Å². The van der Waals surface area contributed by atoms with Crippen molar-refractivity contribution in [1.29, 1.82) is 0 Å². The molecule has 124 valence electrons. The molecule has 3 amide bonds. The first-order valence-corrected chi connectivity index (χ1v) is 7.66. The molecule has 1 aliphatic heterocycles. The molecule has 0 saturated carbocycles. The van der Waals surface area contributed by atoms with Crippen molar-refractivity contribution in [3.63, 3.8) is 0 Å². The van der Waals surface area contributed by atoms with Gasteiger partial charge in [-0.3, -0.25) is 9.59 Å². The van der Waals surface area contributed by atoms with Crippen LogP contribution in [0, 0.1) is 0 Å². The molecule has 1 aromatic carbocycles. The molecule has 1 fully saturated rings. The summed E-state index contributed by atoms with van der Waals surface area (Å²) in [6.45, 7) is 0.622. The molecule has 1 aromatic rings. The van der Waals surface area contributed by atoms with Crippen LogP contribution >= 0.6 is 0 Å². The van der Waals surface area contributed by atoms with Gasteiger partial charge in [-0.05, 0) is 43.9 Å². The maximum Gasteiger partial charge on any atom is 0.316 e. The van der Waals surface area contributed by atoms with Crippen molar-refractivity contribution in [1.82, 2.24) is 4.90 Å². The van der Waals surface area contributed by atoms with E-state index in [2.05, 4.69) is 5.32 Å². The van der Waals surface area contributed by atoms with Crippen molar-refractivity contribution in [3.8, 4) is 0 Å². The Morgan fingerprint density at radius 2 is 2.09 bits per heavy atom. The number of anilines is 1. The average Bonchev–Trinajstić information content (AvgIpc) is 2.52. The summed E-state index contributed by atoms with van der Waals surface area (Å²) >= 11 is 0. The molecule has 1 saturated heterocycles. The number of carbonyl (C=O) groups excluding carboxylic acids is 2. The van der Waals surface area contributed by atoms with Crippen LogP contribution in [-0.4, -0.2) is 40.5 Å². The van der Waals surface area contributed by atoms with E-state index in [0.29, 0.717) is 24.2 Å². The van der Waals surface area contributed by atoms with E-state index in [4.69, 9.17) is 10.8 Å². The third-order valence-electron chi connectivity index (χ3n) is 3.96. The van der Waals surface area contributed by atoms with Crippen molar-refractivity contribution in [2.24, 2.45) is 5.73 Å². The number of nitrogens with zero attached hydrogens (tertiary/aromatic N) is 1. The Labute approximate surface area is 134 Å². The second kappa shape index (κ2) is 7.62. The van der Waals surface area contributed by atoms with Gasteiger partial charge >= 0.3 is 12.0 Å². The summed E-state index contributed by atoms with van der Waals surface area (Å²) in [5.41, 5.74) is 6.00. The SMILES string of the molecule is NC(=O)Nc1cccc(C(=O)N2CCCCC2CCC(=O)O)c1. The predicted octanol–water partition coefficient (Wildman–Crippen LogP) is 2.04. The molecular weight excluding hydrogens is 298 g/mol. The maximum atomic E-state index is 12.7. The Morgan fingerprint density at radius 3 is 2.78 bits per heavy atom. The predicted molar refractivity (Wildman–Crippen MR) is 85.2 cm³/mol. The van der Waals surface area contributed by atoms with Gasteiger partial charge in [0, 0.05) is 30.3 Å². The summed E-state index contributed by atoms with van der Waals surface area (Å²) in [6, 6.07) is 5.84. The standard InChI is InChI=1S/C16H21N3O4/c17-16(23)18-12-5-3-4-11(10-12)15(22)19-9-2-1-6-13(19)7-8-14(20)21/h3-5,10,13H,1-2,6-9H2,(H,20,21)(H3,17,18,23). The second-order valence-electron chi connectivity index (χ2n) is 5.65. The Bertz CT molecular complexity index is 603. The molecule has 7 nitrogen and oxygen atoms in total. The van der Waals surface area contributed by atoms with Gasteiger partial charge in [-0.25, -0.2) is 4.79 Å². The molecule has 7 heteroatoms. The lowest BCUT2D eigenvalue weighted by atomic mass is 9.97. The number of urea groups is 1. The molecule has 1 aliphatic rings. The number of carboxylic acids is 1. The van der Waals surface area contributed by atoms with E-state index in [-0.39, 0.29) is 18.4 Å². The van der Waals surface area contributed by atoms with Crippen molar-refractivity contribution in [2.75, 3.05) is 11.9 Å². The van der Waals surface area contributed by atoms with Gasteiger partial charge in [0.05, 0.1) is 0 Å². The zero-order valence-electron chi connectivity index (χ0n) is 12.8. The highest BCUT2D eigenvalue weighted by molar-refractivity contribution is 5.97. The summed E-state index contributed by atoms with van der Waals surface area (Å²) in [5, 5.41) is 11.3. The van der Waals surface area contributed by atoms with E-state index in [1.165, 1.54) is 0 Å². The van der Waals surface area contributed by atoms with Crippen molar-refractivity contribution < 1.29 is 19.5 Å². The monoisotopic (exact) mass is 319 g/mol. The minimum atomic E-state index is -0.851. The van der Waals surface area contributed by atoms with Crippen LogP contribution in [0.4, 0.5) is 10.5 Å². The lowest BCUT2D eigenvalue weighted by Crippen LogP contribution is -2.44. The number of nitrogens with one attached hydrogen (secondary N) is 1. The number of carboxylic acid groups (broad SMARTS) is 1. The normalized spacial score (nSPS) is 17.6. The van der Waals surface area contributed by atoms with Crippen LogP contribution < -0.4 is 11.1 Å². The van der Waals surface area contributed by atoms with Gasteiger partial charge in [0.15, 0.2) is 0 Å². The van der Waals surface area contributed by atoms with E-state index < -0.39 is 12.0 Å². The fraction of sp³-hybridized carbons (Fsp3) is 0.438. The van der Waals surface area contributed by atoms with Crippen LogP contribution in [0.1, 0.15) is 42.5 Å². The molecule has 0 aromatic heterocycles. The van der Waals surface area contributed by atoms with Gasteiger partial charge in [-0.2, -0.15) is 0 Å². The second-order valence-corrected chi connectivity index (χ2v) is 5.65. The highest BCUT2D eigenvalue weighted by Gasteiger charge is 2.27. The number of nitrogens with two attached hydrogens (primary N) is 1. The average molecular weight is 319 g/mol. The Kier molecular flexibility index (Phi) is 5.56. The van der Waals surface area contributed by atoms with Gasteiger partial charge < -0.3 is 21.1 Å². The van der Waals surface area contributed by atoms with Crippen molar-refractivity contribution in [3.05, 3.63) is 29.8 Å². The molecule has 4 N–H and O–H groups in total. The fourth-order valence-electron chi connectivity index (χ4n) is 2.90. The van der Waals surface area contributed by atoms with Crippen molar-refractivity contribution >= 4 is 23.6 Å². The number of hydrogen-bond acceptors (Lipinski definition) is 3. The largest absolute Gasteiger partial charge is 0.481 e. The lowest BCUT2D eigenvalue weighted by molar-refractivity contribution is -0.137. The first-order chi connectivity index (χ1) is 11.0. The summed E-state index contributed by atoms with van der Waals surface area (Å²) in [4.78, 5) is 36.2. The van der Waals surface area contributed by atoms with E-state index >= 15 is 0 Å². The van der Waals surface area contributed by atoms with E-state index in [1.54, 1.807) is 29.2 Å². The van der Waals surface area contributed by atoms with Crippen LogP contribution in [-0.2, 0) is 4.79 Å². The number of rotatable bonds is 5. The number of amides is 3. The zero-order chi connectivity index (χ0) is 16.8. The van der Waals surface area contributed by atoms with Gasteiger partial charge in [0.25, 0.3) is 5.91 Å². The van der Waals surface area contributed by atoms with Crippen LogP contribution in [0.25, 0.3) is 0 Å². The van der Waals surface area contributed by atoms with Crippen LogP contribution in [0.2, 0.25) is 0 Å². The first kappa shape index (κ1) is 16.8. The van der Waals surface area contributed by atoms with Crippen LogP contribution in [0.15, 0.2) is 24.3 Å². The van der Waals surface area contributed by atoms with Gasteiger partial charge in [0.1, 0.15) is 0 Å². The molecule has 1 unspecified atom stereocenters. The van der Waals surface area contributed by atoms with Crippen LogP contribution in [0.3, 0.4) is 0 Å². The summed E-state index contributed by atoms with van der Waals surface area (Å²) in [5.74, 6) is -0.996. The van der Waals surface area contributed by atoms with Gasteiger partial charge in [-0.15, -0.1) is 0 Å². The smallest absolute Gasteiger partial charge is 0.316 e. The van der Waals surface area contributed by atoms with E-state index in [0.717, 1.165) is 19.3 Å². The molecule has 1 atom stereocenters. The number of aliphatic carboxylic acids is 1. The highest BCUT2D eigenvalue weighted by Crippen LogP contribution is 2.24. The highest BCUT2D eigenvalue weighted by atomic mass is 16.4. The third kappa shape index (κ3) is 4.70. The Balaban J connectivity index is 2.13. The quantitative estimate of drug-likeness (QED) is 0.770. The first-order valence-electron chi connectivity index (χ1n) is 7.66. The lowest BCUT2D eigenvalue weighted by Gasteiger charge is -2.35. The van der Waals surface area contributed by atoms with E-state index in [1.807, 2.05) is 0 Å². The van der Waals surface area contributed by atoms with E-state index in [9.17, 15) is 14.4 Å². The number of hydrogen-bond donors (Lipinski definition) is 3. The minimum absolute atomic E-state index is 0.0533. The Hall–Kier alpha value is -2.57. The minimum Gasteiger partial charge on any atom is -0.481 e. The van der Waals surface area contributed by atoms with Crippen LogP contribution in [0.5, 0.6) is 0 Å². The molecular formula is C16H21N3O4. The van der Waals surface area contributed by atoms with Crippen molar-refractivity contribution in [2.45, 2.75) is 38.1 Å². The molecule has 0 bridgehead atoms. The third-order valence-corrected chi connectivity index (χ3v) is 3.96. The molecule has 1 heterocycles. The molecule has 2 rings (SSSR count). The topological polar surface area (TPSA) is 113 Å². The molecule has 0 aliphatic carbocycles. The zero-order valence-corrected chi connectivity index (χ0v) is 12.8. The molecule has 23 heavy (non-hydrogen) atoms. The summed E-state index contributed by atoms with van der Waals surface area (Å²) in [6.07, 6.45) is 3.24.